The second kappa shape index (κ2) is 9.17. The summed E-state index contributed by atoms with van der Waals surface area (Å²) in [4.78, 5) is 12.7. The molecule has 3 aromatic rings. The van der Waals surface area contributed by atoms with E-state index in [9.17, 15) is 8.78 Å². The molecule has 0 bridgehead atoms. The van der Waals surface area contributed by atoms with Gasteiger partial charge in [-0.1, -0.05) is 5.16 Å². The Bertz CT molecular complexity index is 1180. The molecule has 1 N–H and O–H groups in total. The van der Waals surface area contributed by atoms with E-state index in [1.807, 2.05) is 24.8 Å². The molecule has 1 saturated heterocycles. The first-order chi connectivity index (χ1) is 16.4. The summed E-state index contributed by atoms with van der Waals surface area (Å²) < 4.78 is 40.6. The SMILES string of the molecule is CC(C)N1CCOc2c(F)cc(-c3nc(Nc4cc(C5CCN(C)CC5)no4)ncc3F)cc21. The van der Waals surface area contributed by atoms with Crippen LogP contribution in [-0.2, 0) is 0 Å². The molecule has 0 spiro atoms. The lowest BCUT2D eigenvalue weighted by molar-refractivity contribution is 0.250. The highest BCUT2D eigenvalue weighted by Gasteiger charge is 2.26. The van der Waals surface area contributed by atoms with Gasteiger partial charge < -0.3 is 19.1 Å². The molecule has 0 saturated carbocycles. The van der Waals surface area contributed by atoms with E-state index in [4.69, 9.17) is 9.26 Å². The van der Waals surface area contributed by atoms with Crippen LogP contribution in [0, 0.1) is 11.6 Å². The summed E-state index contributed by atoms with van der Waals surface area (Å²) in [5, 5.41) is 7.15. The molecule has 2 aromatic heterocycles. The fraction of sp³-hybridized carbons (Fsp3) is 0.458. The maximum absolute atomic E-state index is 14.9. The van der Waals surface area contributed by atoms with Gasteiger partial charge in [-0.3, -0.25) is 5.32 Å². The average Bonchev–Trinajstić information content (AvgIpc) is 3.28. The molecule has 10 heteroatoms. The third kappa shape index (κ3) is 4.42. The zero-order valence-corrected chi connectivity index (χ0v) is 19.5. The second-order valence-electron chi connectivity index (χ2n) is 9.15. The van der Waals surface area contributed by atoms with Gasteiger partial charge in [-0.05, 0) is 59.0 Å². The van der Waals surface area contributed by atoms with Crippen molar-refractivity contribution in [2.24, 2.45) is 0 Å². The predicted molar refractivity (Wildman–Crippen MR) is 125 cm³/mol. The van der Waals surface area contributed by atoms with Crippen LogP contribution in [0.25, 0.3) is 11.3 Å². The van der Waals surface area contributed by atoms with Gasteiger partial charge in [-0.2, -0.15) is 0 Å². The molecule has 1 aromatic carbocycles. The number of aromatic nitrogens is 3. The number of nitrogens with zero attached hydrogens (tertiary/aromatic N) is 5. The van der Waals surface area contributed by atoms with Crippen molar-refractivity contribution in [3.05, 3.63) is 41.7 Å². The first-order valence-corrected chi connectivity index (χ1v) is 11.6. The minimum absolute atomic E-state index is 0.0106. The Morgan fingerprint density at radius 2 is 1.88 bits per heavy atom. The third-order valence-corrected chi connectivity index (χ3v) is 6.45. The monoisotopic (exact) mass is 470 g/mol. The van der Waals surface area contributed by atoms with Crippen LogP contribution in [0.3, 0.4) is 0 Å². The zero-order valence-electron chi connectivity index (χ0n) is 19.5. The number of fused-ring (bicyclic) bond motifs is 1. The van der Waals surface area contributed by atoms with Crippen LogP contribution in [0.5, 0.6) is 5.75 Å². The molecule has 8 nitrogen and oxygen atoms in total. The molecular weight excluding hydrogens is 442 g/mol. The molecule has 0 unspecified atom stereocenters. The molecule has 0 radical (unpaired) electrons. The van der Waals surface area contributed by atoms with E-state index in [1.165, 1.54) is 6.07 Å². The fourth-order valence-electron chi connectivity index (χ4n) is 4.56. The summed E-state index contributed by atoms with van der Waals surface area (Å²) in [5.41, 5.74) is 1.76. The third-order valence-electron chi connectivity index (χ3n) is 6.45. The number of ether oxygens (including phenoxy) is 1. The second-order valence-corrected chi connectivity index (χ2v) is 9.15. The van der Waals surface area contributed by atoms with E-state index < -0.39 is 11.6 Å². The van der Waals surface area contributed by atoms with Crippen molar-refractivity contribution in [1.29, 1.82) is 0 Å². The van der Waals surface area contributed by atoms with Crippen LogP contribution in [0.4, 0.5) is 26.3 Å². The molecule has 2 aliphatic rings. The Kier molecular flexibility index (Phi) is 6.07. The molecular formula is C24H28F2N6O2. The smallest absolute Gasteiger partial charge is 0.231 e. The standard InChI is InChI=1S/C24H28F2N6O2/c1-14(2)32-8-9-33-23-17(25)10-16(11-20(23)32)22-18(26)13-27-24(29-22)28-21-12-19(30-34-21)15-4-6-31(3)7-5-15/h10-15H,4-9H2,1-3H3,(H,27,28,29). The van der Waals surface area contributed by atoms with E-state index in [0.29, 0.717) is 36.2 Å². The summed E-state index contributed by atoms with van der Waals surface area (Å²) >= 11 is 0. The van der Waals surface area contributed by atoms with Gasteiger partial charge in [0.15, 0.2) is 17.4 Å². The van der Waals surface area contributed by atoms with Crippen molar-refractivity contribution in [2.45, 2.75) is 38.6 Å². The molecule has 5 rings (SSSR count). The van der Waals surface area contributed by atoms with Gasteiger partial charge in [-0.25, -0.2) is 18.7 Å². The molecule has 1 fully saturated rings. The topological polar surface area (TPSA) is 79.5 Å². The minimum atomic E-state index is -0.651. The van der Waals surface area contributed by atoms with Crippen LogP contribution in [0.1, 0.15) is 38.3 Å². The van der Waals surface area contributed by atoms with Gasteiger partial charge in [0.1, 0.15) is 12.3 Å². The molecule has 0 aliphatic carbocycles. The Morgan fingerprint density at radius 1 is 1.09 bits per heavy atom. The number of likely N-dealkylation sites (tertiary alicyclic amines) is 1. The van der Waals surface area contributed by atoms with E-state index in [0.717, 1.165) is 37.8 Å². The van der Waals surface area contributed by atoms with Crippen molar-refractivity contribution in [2.75, 3.05) is 43.5 Å². The first kappa shape index (κ1) is 22.5. The van der Waals surface area contributed by atoms with Crippen LogP contribution in [0.2, 0.25) is 0 Å². The summed E-state index contributed by atoms with van der Waals surface area (Å²) in [6.45, 7) is 7.09. The number of rotatable bonds is 5. The summed E-state index contributed by atoms with van der Waals surface area (Å²) in [6.07, 6.45) is 3.09. The highest BCUT2D eigenvalue weighted by molar-refractivity contribution is 5.73. The van der Waals surface area contributed by atoms with Gasteiger partial charge in [0, 0.05) is 23.6 Å². The molecule has 180 valence electrons. The van der Waals surface area contributed by atoms with E-state index in [-0.39, 0.29) is 23.4 Å². The number of piperidine rings is 1. The van der Waals surface area contributed by atoms with E-state index >= 15 is 0 Å². The van der Waals surface area contributed by atoms with Gasteiger partial charge >= 0.3 is 0 Å². The Hall–Kier alpha value is -3.27. The maximum Gasteiger partial charge on any atom is 0.231 e. The van der Waals surface area contributed by atoms with Gasteiger partial charge in [0.05, 0.1) is 24.1 Å². The normalized spacial score (nSPS) is 17.1. The number of nitrogens with one attached hydrogen (secondary N) is 1. The van der Waals surface area contributed by atoms with Gasteiger partial charge in [0.2, 0.25) is 11.8 Å². The lowest BCUT2D eigenvalue weighted by atomic mass is 9.94. The van der Waals surface area contributed by atoms with Crippen molar-refractivity contribution >= 4 is 17.5 Å². The van der Waals surface area contributed by atoms with E-state index in [2.05, 4.69) is 32.4 Å². The molecule has 34 heavy (non-hydrogen) atoms. The highest BCUT2D eigenvalue weighted by Crippen LogP contribution is 2.39. The Balaban J connectivity index is 1.41. The number of hydrogen-bond donors (Lipinski definition) is 1. The van der Waals surface area contributed by atoms with E-state index in [1.54, 1.807) is 6.07 Å². The van der Waals surface area contributed by atoms with Crippen LogP contribution >= 0.6 is 0 Å². The van der Waals surface area contributed by atoms with Crippen molar-refractivity contribution in [3.8, 4) is 17.0 Å². The molecule has 4 heterocycles. The minimum Gasteiger partial charge on any atom is -0.486 e. The van der Waals surface area contributed by atoms with Crippen LogP contribution in [-0.4, -0.2) is 59.4 Å². The average molecular weight is 471 g/mol. The van der Waals surface area contributed by atoms with Crippen molar-refractivity contribution < 1.29 is 18.0 Å². The number of hydrogen-bond acceptors (Lipinski definition) is 8. The maximum atomic E-state index is 14.9. The quantitative estimate of drug-likeness (QED) is 0.581. The largest absolute Gasteiger partial charge is 0.486 e. The summed E-state index contributed by atoms with van der Waals surface area (Å²) in [6, 6.07) is 4.91. The summed E-state index contributed by atoms with van der Waals surface area (Å²) in [7, 11) is 2.11. The first-order valence-electron chi connectivity index (χ1n) is 11.6. The van der Waals surface area contributed by atoms with Crippen LogP contribution in [0.15, 0.2) is 28.9 Å². The van der Waals surface area contributed by atoms with Crippen molar-refractivity contribution in [1.82, 2.24) is 20.0 Å². The number of anilines is 3. The summed E-state index contributed by atoms with van der Waals surface area (Å²) in [5.74, 6) is -0.171. The predicted octanol–water partition coefficient (Wildman–Crippen LogP) is 4.57. The molecule has 0 atom stereocenters. The highest BCUT2D eigenvalue weighted by atomic mass is 19.1. The molecule has 0 amide bonds. The zero-order chi connectivity index (χ0) is 23.8. The van der Waals surface area contributed by atoms with Crippen LogP contribution < -0.4 is 15.0 Å². The Morgan fingerprint density at radius 3 is 2.65 bits per heavy atom. The lowest BCUT2D eigenvalue weighted by Gasteiger charge is -2.34. The van der Waals surface area contributed by atoms with Gasteiger partial charge in [0.25, 0.3) is 0 Å². The van der Waals surface area contributed by atoms with Gasteiger partial charge in [-0.15, -0.1) is 0 Å². The number of halogens is 2. The van der Waals surface area contributed by atoms with Crippen molar-refractivity contribution in [3.63, 3.8) is 0 Å². The Labute approximate surface area is 196 Å². The fourth-order valence-corrected chi connectivity index (χ4v) is 4.56. The molecule has 2 aliphatic heterocycles. The lowest BCUT2D eigenvalue weighted by Crippen LogP contribution is -2.38. The number of benzene rings is 1.